The average molecular weight is 300 g/mol. The zero-order chi connectivity index (χ0) is 14.9. The number of H-pyrrole nitrogens is 1. The number of aryl methyl sites for hydroxylation is 1. The molecule has 0 bridgehead atoms. The molecule has 3 nitrogen and oxygen atoms in total. The Kier molecular flexibility index (Phi) is 3.80. The first kappa shape index (κ1) is 14.5. The second kappa shape index (κ2) is 5.24. The molecule has 0 amide bonds. The van der Waals surface area contributed by atoms with Gasteiger partial charge < -0.3 is 4.98 Å². The number of rotatable bonds is 2. The molecule has 20 heavy (non-hydrogen) atoms. The van der Waals surface area contributed by atoms with Crippen molar-refractivity contribution in [2.45, 2.75) is 19.6 Å². The fourth-order valence-corrected chi connectivity index (χ4v) is 2.08. The Morgan fingerprint density at radius 3 is 2.55 bits per heavy atom. The number of alkyl halides is 3. The van der Waals surface area contributed by atoms with Crippen LogP contribution in [-0.2, 0) is 12.7 Å². The van der Waals surface area contributed by atoms with E-state index in [1.165, 1.54) is 0 Å². The summed E-state index contributed by atoms with van der Waals surface area (Å²) in [5, 5.41) is 0. The molecule has 106 valence electrons. The molecule has 0 spiro atoms. The first-order valence-electron chi connectivity index (χ1n) is 5.74. The molecule has 1 N–H and O–H groups in total. The second-order valence-corrected chi connectivity index (χ2v) is 4.79. The Morgan fingerprint density at radius 2 is 2.00 bits per heavy atom. The second-order valence-electron chi connectivity index (χ2n) is 4.40. The van der Waals surface area contributed by atoms with Gasteiger partial charge in [-0.3, -0.25) is 9.36 Å². The molecule has 1 aromatic heterocycles. The van der Waals surface area contributed by atoms with Crippen molar-refractivity contribution in [2.24, 2.45) is 0 Å². The quantitative estimate of drug-likeness (QED) is 0.864. The van der Waals surface area contributed by atoms with E-state index in [9.17, 15) is 18.0 Å². The minimum atomic E-state index is -4.62. The van der Waals surface area contributed by atoms with Crippen LogP contribution in [0.2, 0.25) is 0 Å². The number of benzene rings is 1. The fourth-order valence-electron chi connectivity index (χ4n) is 1.82. The first-order valence-corrected chi connectivity index (χ1v) is 6.15. The number of nitrogens with zero attached hydrogens (tertiary/aromatic N) is 1. The van der Waals surface area contributed by atoms with Crippen LogP contribution in [0.1, 0.15) is 16.8 Å². The van der Waals surface area contributed by atoms with E-state index >= 15 is 0 Å². The van der Waals surface area contributed by atoms with Gasteiger partial charge in [-0.2, -0.15) is 13.2 Å². The molecular formula is C13H11F3N2OS. The van der Waals surface area contributed by atoms with Crippen LogP contribution in [0.3, 0.4) is 0 Å². The SMILES string of the molecule is Cc1cccc(Cn2c(=O)cc(C(F)(F)F)[nH]c2=S)c1. The molecule has 0 aliphatic carbocycles. The van der Waals surface area contributed by atoms with Crippen molar-refractivity contribution in [3.8, 4) is 0 Å². The number of aromatic nitrogens is 2. The van der Waals surface area contributed by atoms with Crippen molar-refractivity contribution in [2.75, 3.05) is 0 Å². The number of hydrogen-bond acceptors (Lipinski definition) is 2. The van der Waals surface area contributed by atoms with E-state index in [0.717, 1.165) is 15.7 Å². The van der Waals surface area contributed by atoms with Crippen molar-refractivity contribution in [3.63, 3.8) is 0 Å². The molecular weight excluding hydrogens is 289 g/mol. The van der Waals surface area contributed by atoms with Gasteiger partial charge in [0.05, 0.1) is 6.54 Å². The van der Waals surface area contributed by atoms with Crippen molar-refractivity contribution in [3.05, 3.63) is 62.3 Å². The first-order chi connectivity index (χ1) is 9.27. The van der Waals surface area contributed by atoms with Crippen molar-refractivity contribution in [1.29, 1.82) is 0 Å². The van der Waals surface area contributed by atoms with Crippen molar-refractivity contribution >= 4 is 12.2 Å². The molecule has 2 aromatic rings. The van der Waals surface area contributed by atoms with Crippen LogP contribution < -0.4 is 5.56 Å². The maximum Gasteiger partial charge on any atom is 0.431 e. The predicted molar refractivity (Wildman–Crippen MR) is 71.2 cm³/mol. The van der Waals surface area contributed by atoms with Gasteiger partial charge in [-0.25, -0.2) is 0 Å². The van der Waals surface area contributed by atoms with Gasteiger partial charge in [0.25, 0.3) is 5.56 Å². The van der Waals surface area contributed by atoms with Gasteiger partial charge in [0, 0.05) is 6.07 Å². The monoisotopic (exact) mass is 300 g/mol. The molecule has 0 atom stereocenters. The Balaban J connectivity index is 2.44. The van der Waals surface area contributed by atoms with Crippen LogP contribution in [-0.4, -0.2) is 9.55 Å². The third kappa shape index (κ3) is 3.16. The molecule has 2 rings (SSSR count). The Labute approximate surface area is 117 Å². The molecule has 1 heterocycles. The smallest absolute Gasteiger partial charge is 0.328 e. The molecule has 1 aromatic carbocycles. The lowest BCUT2D eigenvalue weighted by Crippen LogP contribution is -2.25. The lowest BCUT2D eigenvalue weighted by molar-refractivity contribution is -0.141. The van der Waals surface area contributed by atoms with E-state index in [1.54, 1.807) is 6.07 Å². The van der Waals surface area contributed by atoms with Crippen LogP contribution in [0, 0.1) is 11.7 Å². The van der Waals surface area contributed by atoms with E-state index in [4.69, 9.17) is 12.2 Å². The summed E-state index contributed by atoms with van der Waals surface area (Å²) in [4.78, 5) is 13.8. The van der Waals surface area contributed by atoms with Gasteiger partial charge in [0.15, 0.2) is 4.77 Å². The number of aromatic amines is 1. The third-order valence-electron chi connectivity index (χ3n) is 2.75. The summed E-state index contributed by atoms with van der Waals surface area (Å²) < 4.78 is 38.5. The van der Waals surface area contributed by atoms with E-state index in [0.29, 0.717) is 6.07 Å². The minimum absolute atomic E-state index is 0.133. The van der Waals surface area contributed by atoms with E-state index in [1.807, 2.05) is 30.1 Å². The van der Waals surface area contributed by atoms with Crippen molar-refractivity contribution < 1.29 is 13.2 Å². The Morgan fingerprint density at radius 1 is 1.30 bits per heavy atom. The van der Waals surface area contributed by atoms with Gasteiger partial charge in [0.2, 0.25) is 0 Å². The summed E-state index contributed by atoms with van der Waals surface area (Å²) in [7, 11) is 0. The highest BCUT2D eigenvalue weighted by atomic mass is 32.1. The van der Waals surface area contributed by atoms with E-state index in [2.05, 4.69) is 0 Å². The topological polar surface area (TPSA) is 37.8 Å². The van der Waals surface area contributed by atoms with Gasteiger partial charge in [-0.05, 0) is 24.7 Å². The van der Waals surface area contributed by atoms with Gasteiger partial charge >= 0.3 is 6.18 Å². The standard InChI is InChI=1S/C13H11F3N2OS/c1-8-3-2-4-9(5-8)7-18-11(19)6-10(13(14,15)16)17-12(18)20/h2-6H,7H2,1H3,(H,17,20). The zero-order valence-electron chi connectivity index (χ0n) is 10.5. The maximum atomic E-state index is 12.5. The number of nitrogens with one attached hydrogen (secondary N) is 1. The highest BCUT2D eigenvalue weighted by Gasteiger charge is 2.32. The van der Waals surface area contributed by atoms with Gasteiger partial charge in [0.1, 0.15) is 5.69 Å². The summed E-state index contributed by atoms with van der Waals surface area (Å²) in [5.41, 5.74) is -0.112. The molecule has 0 aliphatic rings. The summed E-state index contributed by atoms with van der Waals surface area (Å²) in [6, 6.07) is 7.85. The number of halogens is 3. The lowest BCUT2D eigenvalue weighted by Gasteiger charge is -2.10. The number of hydrogen-bond donors (Lipinski definition) is 1. The van der Waals surface area contributed by atoms with Gasteiger partial charge in [-0.15, -0.1) is 0 Å². The summed E-state index contributed by atoms with van der Waals surface area (Å²) >= 11 is 4.84. The highest BCUT2D eigenvalue weighted by molar-refractivity contribution is 7.71. The Hall–Kier alpha value is -1.89. The third-order valence-corrected chi connectivity index (χ3v) is 3.07. The minimum Gasteiger partial charge on any atom is -0.328 e. The van der Waals surface area contributed by atoms with Crippen molar-refractivity contribution in [1.82, 2.24) is 9.55 Å². The molecule has 0 fully saturated rings. The van der Waals surface area contributed by atoms with E-state index in [-0.39, 0.29) is 11.3 Å². The van der Waals surface area contributed by atoms with Crippen LogP contribution in [0.25, 0.3) is 0 Å². The summed E-state index contributed by atoms with van der Waals surface area (Å²) in [5.74, 6) is 0. The molecule has 0 saturated carbocycles. The maximum absolute atomic E-state index is 12.5. The van der Waals surface area contributed by atoms with Crippen LogP contribution >= 0.6 is 12.2 Å². The molecule has 7 heteroatoms. The normalized spacial score (nSPS) is 11.6. The molecule has 0 saturated heterocycles. The lowest BCUT2D eigenvalue weighted by atomic mass is 10.1. The fraction of sp³-hybridized carbons (Fsp3) is 0.231. The van der Waals surface area contributed by atoms with E-state index < -0.39 is 17.4 Å². The summed E-state index contributed by atoms with van der Waals surface area (Å²) in [6.07, 6.45) is -4.62. The van der Waals surface area contributed by atoms with Crippen LogP contribution in [0.5, 0.6) is 0 Å². The van der Waals surface area contributed by atoms with Gasteiger partial charge in [-0.1, -0.05) is 29.8 Å². The van der Waals surface area contributed by atoms with Crippen LogP contribution in [0.15, 0.2) is 35.1 Å². The summed E-state index contributed by atoms with van der Waals surface area (Å²) in [6.45, 7) is 2.02. The zero-order valence-corrected chi connectivity index (χ0v) is 11.3. The Bertz CT molecular complexity index is 715. The van der Waals surface area contributed by atoms with Crippen LogP contribution in [0.4, 0.5) is 13.2 Å². The highest BCUT2D eigenvalue weighted by Crippen LogP contribution is 2.26. The predicted octanol–water partition coefficient (Wildman–Crippen LogP) is 3.28. The largest absolute Gasteiger partial charge is 0.431 e. The average Bonchev–Trinajstić information content (AvgIpc) is 2.32. The molecule has 0 radical (unpaired) electrons. The molecule has 0 aliphatic heterocycles. The molecule has 0 unspecified atom stereocenters.